The van der Waals surface area contributed by atoms with E-state index in [-0.39, 0.29) is 11.9 Å². The van der Waals surface area contributed by atoms with Gasteiger partial charge in [-0.2, -0.15) is 0 Å². The van der Waals surface area contributed by atoms with E-state index in [9.17, 15) is 4.79 Å². The highest BCUT2D eigenvalue weighted by molar-refractivity contribution is 5.82. The molecule has 3 heterocycles. The van der Waals surface area contributed by atoms with Crippen molar-refractivity contribution in [3.8, 4) is 0 Å². The molecule has 0 aromatic carbocycles. The second-order valence-corrected chi connectivity index (χ2v) is 5.88. The minimum absolute atomic E-state index is 0.0446. The van der Waals surface area contributed by atoms with E-state index >= 15 is 0 Å². The quantitative estimate of drug-likeness (QED) is 0.830. The average molecular weight is 304 g/mol. The average Bonchev–Trinajstić information content (AvgIpc) is 2.99. The summed E-state index contributed by atoms with van der Waals surface area (Å²) in [4.78, 5) is 26.0. The summed E-state index contributed by atoms with van der Waals surface area (Å²) >= 11 is 0. The Labute approximate surface area is 131 Å². The highest BCUT2D eigenvalue weighted by Crippen LogP contribution is 2.23. The molecule has 120 valence electrons. The Kier molecular flexibility index (Phi) is 4.69. The Bertz CT molecular complexity index is 543. The maximum atomic E-state index is 12.9. The number of ether oxygens (including phenoxy) is 1. The number of hydrogen-bond acceptors (Lipinski definition) is 5. The van der Waals surface area contributed by atoms with Crippen LogP contribution < -0.4 is 0 Å². The molecule has 3 rings (SSSR count). The Morgan fingerprint density at radius 2 is 2.09 bits per heavy atom. The minimum atomic E-state index is -0.0446. The maximum Gasteiger partial charge on any atom is 0.240 e. The number of hydrogen-bond donors (Lipinski definition) is 0. The number of nitrogens with zero attached hydrogens (tertiary/aromatic N) is 4. The van der Waals surface area contributed by atoms with Crippen LogP contribution in [0.3, 0.4) is 0 Å². The van der Waals surface area contributed by atoms with Gasteiger partial charge in [-0.3, -0.25) is 9.69 Å². The van der Waals surface area contributed by atoms with Crippen molar-refractivity contribution < 1.29 is 9.53 Å². The molecule has 1 aromatic heterocycles. The van der Waals surface area contributed by atoms with E-state index in [1.165, 1.54) is 0 Å². The molecule has 1 unspecified atom stereocenters. The van der Waals surface area contributed by atoms with Crippen molar-refractivity contribution in [1.29, 1.82) is 0 Å². The first-order chi connectivity index (χ1) is 10.7. The molecule has 1 fully saturated rings. The van der Waals surface area contributed by atoms with Gasteiger partial charge in [0.05, 0.1) is 31.5 Å². The standard InChI is InChI=1S/C16H24N4O2/c1-3-14(19-5-7-22-8-6-19)16(21)20-10-12-9-17-15(4-2)18-13(12)11-20/h9,14H,3-8,10-11H2,1-2H3. The summed E-state index contributed by atoms with van der Waals surface area (Å²) in [6.07, 6.45) is 3.54. The number of aromatic nitrogens is 2. The van der Waals surface area contributed by atoms with Crippen molar-refractivity contribution >= 4 is 5.91 Å². The largest absolute Gasteiger partial charge is 0.379 e. The third kappa shape index (κ3) is 2.98. The molecule has 1 aromatic rings. The van der Waals surface area contributed by atoms with Gasteiger partial charge >= 0.3 is 0 Å². The van der Waals surface area contributed by atoms with Crippen LogP contribution in [0.5, 0.6) is 0 Å². The van der Waals surface area contributed by atoms with Gasteiger partial charge in [0.15, 0.2) is 0 Å². The lowest BCUT2D eigenvalue weighted by atomic mass is 10.1. The maximum absolute atomic E-state index is 12.9. The van der Waals surface area contributed by atoms with E-state index in [0.717, 1.165) is 56.2 Å². The summed E-state index contributed by atoms with van der Waals surface area (Å²) in [5.74, 6) is 1.06. The van der Waals surface area contributed by atoms with Crippen LogP contribution in [0.15, 0.2) is 6.20 Å². The summed E-state index contributed by atoms with van der Waals surface area (Å²) in [6, 6.07) is -0.0446. The number of rotatable bonds is 4. The number of aryl methyl sites for hydroxylation is 1. The van der Waals surface area contributed by atoms with Gasteiger partial charge in [-0.25, -0.2) is 9.97 Å². The molecule has 0 N–H and O–H groups in total. The predicted octanol–water partition coefficient (Wildman–Crippen LogP) is 0.992. The number of carbonyl (C=O) groups excluding carboxylic acids is 1. The van der Waals surface area contributed by atoms with Crippen LogP contribution in [0.2, 0.25) is 0 Å². The van der Waals surface area contributed by atoms with Gasteiger partial charge in [0.2, 0.25) is 5.91 Å². The highest BCUT2D eigenvalue weighted by atomic mass is 16.5. The highest BCUT2D eigenvalue weighted by Gasteiger charge is 2.33. The van der Waals surface area contributed by atoms with E-state index < -0.39 is 0 Å². The summed E-state index contributed by atoms with van der Waals surface area (Å²) in [5.41, 5.74) is 2.10. The smallest absolute Gasteiger partial charge is 0.240 e. The first-order valence-corrected chi connectivity index (χ1v) is 8.17. The first kappa shape index (κ1) is 15.4. The van der Waals surface area contributed by atoms with E-state index in [0.29, 0.717) is 13.1 Å². The molecule has 0 radical (unpaired) electrons. The van der Waals surface area contributed by atoms with Crippen LogP contribution >= 0.6 is 0 Å². The fourth-order valence-electron chi connectivity index (χ4n) is 3.21. The van der Waals surface area contributed by atoms with Gasteiger partial charge in [0, 0.05) is 37.8 Å². The Balaban J connectivity index is 1.70. The first-order valence-electron chi connectivity index (χ1n) is 8.17. The molecule has 0 aliphatic carbocycles. The molecule has 6 heteroatoms. The van der Waals surface area contributed by atoms with E-state index in [1.54, 1.807) is 0 Å². The van der Waals surface area contributed by atoms with Crippen molar-refractivity contribution in [2.45, 2.75) is 45.8 Å². The van der Waals surface area contributed by atoms with Crippen LogP contribution in [0.1, 0.15) is 37.4 Å². The molecule has 0 spiro atoms. The zero-order valence-electron chi connectivity index (χ0n) is 13.4. The lowest BCUT2D eigenvalue weighted by Gasteiger charge is -2.35. The molecule has 1 amide bonds. The zero-order chi connectivity index (χ0) is 15.5. The molecule has 2 aliphatic rings. The summed E-state index contributed by atoms with van der Waals surface area (Å²) in [7, 11) is 0. The third-order valence-corrected chi connectivity index (χ3v) is 4.49. The molecule has 6 nitrogen and oxygen atoms in total. The Morgan fingerprint density at radius 3 is 2.77 bits per heavy atom. The number of amides is 1. The van der Waals surface area contributed by atoms with Gasteiger partial charge in [0.25, 0.3) is 0 Å². The van der Waals surface area contributed by atoms with Gasteiger partial charge in [0.1, 0.15) is 5.82 Å². The molecule has 0 saturated carbocycles. The van der Waals surface area contributed by atoms with Crippen LogP contribution in [-0.4, -0.2) is 58.0 Å². The molecule has 2 aliphatic heterocycles. The summed E-state index contributed by atoms with van der Waals surface area (Å²) in [6.45, 7) is 8.49. The predicted molar refractivity (Wildman–Crippen MR) is 82.1 cm³/mol. The lowest BCUT2D eigenvalue weighted by molar-refractivity contribution is -0.139. The fraction of sp³-hybridized carbons (Fsp3) is 0.688. The fourth-order valence-corrected chi connectivity index (χ4v) is 3.21. The summed E-state index contributed by atoms with van der Waals surface area (Å²) in [5, 5.41) is 0. The molecular formula is C16H24N4O2. The van der Waals surface area contributed by atoms with Crippen LogP contribution in [-0.2, 0) is 29.0 Å². The number of fused-ring (bicyclic) bond motifs is 1. The number of carbonyl (C=O) groups is 1. The Hall–Kier alpha value is -1.53. The van der Waals surface area contributed by atoms with Gasteiger partial charge in [-0.1, -0.05) is 13.8 Å². The molecule has 1 saturated heterocycles. The second-order valence-electron chi connectivity index (χ2n) is 5.88. The SMILES string of the molecule is CCc1ncc2c(n1)CN(C(=O)C(CC)N1CCOCC1)C2. The molecule has 1 atom stereocenters. The summed E-state index contributed by atoms with van der Waals surface area (Å²) < 4.78 is 5.39. The topological polar surface area (TPSA) is 58.6 Å². The van der Waals surface area contributed by atoms with Gasteiger partial charge in [-0.05, 0) is 6.42 Å². The van der Waals surface area contributed by atoms with E-state index in [1.807, 2.05) is 18.0 Å². The van der Waals surface area contributed by atoms with E-state index in [2.05, 4.69) is 21.8 Å². The lowest BCUT2D eigenvalue weighted by Crippen LogP contribution is -2.51. The van der Waals surface area contributed by atoms with Gasteiger partial charge < -0.3 is 9.64 Å². The second kappa shape index (κ2) is 6.71. The van der Waals surface area contributed by atoms with Crippen LogP contribution in [0, 0.1) is 0 Å². The molecule has 0 bridgehead atoms. The van der Waals surface area contributed by atoms with Crippen molar-refractivity contribution in [1.82, 2.24) is 19.8 Å². The van der Waals surface area contributed by atoms with Crippen LogP contribution in [0.25, 0.3) is 0 Å². The zero-order valence-corrected chi connectivity index (χ0v) is 13.4. The van der Waals surface area contributed by atoms with Crippen molar-refractivity contribution in [2.75, 3.05) is 26.3 Å². The van der Waals surface area contributed by atoms with Gasteiger partial charge in [-0.15, -0.1) is 0 Å². The van der Waals surface area contributed by atoms with Crippen molar-refractivity contribution in [3.05, 3.63) is 23.3 Å². The molecule has 22 heavy (non-hydrogen) atoms. The third-order valence-electron chi connectivity index (χ3n) is 4.49. The molecular weight excluding hydrogens is 280 g/mol. The van der Waals surface area contributed by atoms with E-state index in [4.69, 9.17) is 4.74 Å². The van der Waals surface area contributed by atoms with Crippen molar-refractivity contribution in [2.24, 2.45) is 0 Å². The van der Waals surface area contributed by atoms with Crippen LogP contribution in [0.4, 0.5) is 0 Å². The number of morpholine rings is 1. The minimum Gasteiger partial charge on any atom is -0.379 e. The Morgan fingerprint density at radius 1 is 1.32 bits per heavy atom. The monoisotopic (exact) mass is 304 g/mol. The van der Waals surface area contributed by atoms with Crippen molar-refractivity contribution in [3.63, 3.8) is 0 Å². The normalized spacial score (nSPS) is 20.0.